The maximum Gasteiger partial charge on any atom is 0.150 e. The van der Waals surface area contributed by atoms with Crippen molar-refractivity contribution in [2.24, 2.45) is 11.3 Å². The van der Waals surface area contributed by atoms with Crippen LogP contribution in [-0.2, 0) is 16.3 Å². The van der Waals surface area contributed by atoms with Crippen LogP contribution in [0.15, 0.2) is 24.3 Å². The minimum absolute atomic E-state index is 0.0530. The monoisotopic (exact) mass is 302 g/mol. The van der Waals surface area contributed by atoms with E-state index < -0.39 is 21.1 Å². The van der Waals surface area contributed by atoms with Crippen molar-refractivity contribution in [3.63, 3.8) is 0 Å². The van der Waals surface area contributed by atoms with Gasteiger partial charge in [-0.25, -0.2) is 12.8 Å². The van der Waals surface area contributed by atoms with Gasteiger partial charge in [0.15, 0.2) is 9.84 Å². The molecule has 2 rings (SSSR count). The highest BCUT2D eigenvalue weighted by Gasteiger charge is 2.44. The molecule has 4 nitrogen and oxygen atoms in total. The lowest BCUT2D eigenvalue weighted by molar-refractivity contribution is 0.0118. The summed E-state index contributed by atoms with van der Waals surface area (Å²) in [5, 5.41) is 19.4. The fraction of sp³-hybridized carbons (Fsp3) is 0.571. The number of aliphatic hydroxyl groups is 2. The summed E-state index contributed by atoms with van der Waals surface area (Å²) in [6, 6.07) is 6.17. The van der Waals surface area contributed by atoms with Gasteiger partial charge in [0.25, 0.3) is 0 Å². The van der Waals surface area contributed by atoms with Crippen LogP contribution in [0.5, 0.6) is 0 Å². The van der Waals surface area contributed by atoms with Gasteiger partial charge in [-0.15, -0.1) is 0 Å². The van der Waals surface area contributed by atoms with Gasteiger partial charge in [0.05, 0.1) is 24.7 Å². The third-order valence-corrected chi connectivity index (χ3v) is 6.00. The zero-order valence-corrected chi connectivity index (χ0v) is 11.9. The fourth-order valence-electron chi connectivity index (χ4n) is 2.86. The van der Waals surface area contributed by atoms with Gasteiger partial charge in [0.2, 0.25) is 0 Å². The molecule has 1 unspecified atom stereocenters. The van der Waals surface area contributed by atoms with Gasteiger partial charge in [-0.2, -0.15) is 0 Å². The van der Waals surface area contributed by atoms with E-state index in [0.29, 0.717) is 12.0 Å². The van der Waals surface area contributed by atoms with E-state index in [-0.39, 0.29) is 37.1 Å². The molecule has 1 aliphatic rings. The Bertz CT molecular complexity index is 566. The predicted molar refractivity (Wildman–Crippen MR) is 73.5 cm³/mol. The summed E-state index contributed by atoms with van der Waals surface area (Å²) < 4.78 is 37.0. The molecule has 2 N–H and O–H groups in total. The molecule has 1 atom stereocenters. The van der Waals surface area contributed by atoms with Crippen molar-refractivity contribution in [1.82, 2.24) is 0 Å². The molecular weight excluding hydrogens is 283 g/mol. The summed E-state index contributed by atoms with van der Waals surface area (Å²) >= 11 is 0. The SMILES string of the molecule is O=S1(=O)CCC(C(CO)(CO)Cc2ccccc2F)C1. The highest BCUT2D eigenvalue weighted by atomic mass is 32.2. The smallest absolute Gasteiger partial charge is 0.150 e. The first-order valence-corrected chi connectivity index (χ1v) is 8.40. The molecule has 112 valence electrons. The van der Waals surface area contributed by atoms with Crippen LogP contribution < -0.4 is 0 Å². The number of benzene rings is 1. The highest BCUT2D eigenvalue weighted by Crippen LogP contribution is 2.38. The van der Waals surface area contributed by atoms with Crippen LogP contribution in [0, 0.1) is 17.2 Å². The van der Waals surface area contributed by atoms with Gasteiger partial charge >= 0.3 is 0 Å². The molecule has 0 saturated carbocycles. The molecule has 0 bridgehead atoms. The highest BCUT2D eigenvalue weighted by molar-refractivity contribution is 7.91. The van der Waals surface area contributed by atoms with E-state index in [2.05, 4.69) is 0 Å². The first-order chi connectivity index (χ1) is 9.42. The van der Waals surface area contributed by atoms with Crippen molar-refractivity contribution in [3.05, 3.63) is 35.6 Å². The Labute approximate surface area is 118 Å². The van der Waals surface area contributed by atoms with E-state index in [1.54, 1.807) is 18.2 Å². The fourth-order valence-corrected chi connectivity index (χ4v) is 4.81. The lowest BCUT2D eigenvalue weighted by Gasteiger charge is -2.35. The molecule has 1 aliphatic heterocycles. The largest absolute Gasteiger partial charge is 0.396 e. The van der Waals surface area contributed by atoms with Crippen LogP contribution in [0.2, 0.25) is 0 Å². The summed E-state index contributed by atoms with van der Waals surface area (Å²) in [4.78, 5) is 0. The van der Waals surface area contributed by atoms with Crippen molar-refractivity contribution in [2.75, 3.05) is 24.7 Å². The molecule has 0 amide bonds. The number of rotatable bonds is 5. The minimum atomic E-state index is -3.12. The zero-order chi connectivity index (χ0) is 14.8. The van der Waals surface area contributed by atoms with Crippen molar-refractivity contribution >= 4 is 9.84 Å². The van der Waals surface area contributed by atoms with Gasteiger partial charge in [-0.1, -0.05) is 18.2 Å². The molecule has 1 heterocycles. The average Bonchev–Trinajstić information content (AvgIpc) is 2.79. The third-order valence-electron chi connectivity index (χ3n) is 4.23. The molecule has 6 heteroatoms. The van der Waals surface area contributed by atoms with E-state index in [1.165, 1.54) is 6.07 Å². The zero-order valence-electron chi connectivity index (χ0n) is 11.1. The second kappa shape index (κ2) is 5.79. The van der Waals surface area contributed by atoms with Gasteiger partial charge in [0.1, 0.15) is 5.82 Å². The molecule has 0 aromatic heterocycles. The Morgan fingerprint density at radius 3 is 2.40 bits per heavy atom. The molecule has 20 heavy (non-hydrogen) atoms. The van der Waals surface area contributed by atoms with E-state index in [9.17, 15) is 23.0 Å². The van der Waals surface area contributed by atoms with E-state index in [0.717, 1.165) is 0 Å². The van der Waals surface area contributed by atoms with Crippen LogP contribution in [0.25, 0.3) is 0 Å². The quantitative estimate of drug-likeness (QED) is 0.842. The lowest BCUT2D eigenvalue weighted by atomic mass is 9.72. The molecule has 1 fully saturated rings. The van der Waals surface area contributed by atoms with Crippen molar-refractivity contribution in [2.45, 2.75) is 12.8 Å². The van der Waals surface area contributed by atoms with Gasteiger partial charge < -0.3 is 10.2 Å². The predicted octanol–water partition coefficient (Wildman–Crippen LogP) is 0.774. The first kappa shape index (κ1) is 15.4. The van der Waals surface area contributed by atoms with Crippen LogP contribution in [0.4, 0.5) is 4.39 Å². The van der Waals surface area contributed by atoms with E-state index >= 15 is 0 Å². The summed E-state index contributed by atoms with van der Waals surface area (Å²) in [5.74, 6) is -0.735. The molecule has 0 spiro atoms. The summed E-state index contributed by atoms with van der Waals surface area (Å²) in [6.45, 7) is -0.726. The number of aliphatic hydroxyl groups excluding tert-OH is 2. The molecule has 1 aromatic carbocycles. The third kappa shape index (κ3) is 3.02. The van der Waals surface area contributed by atoms with Crippen LogP contribution >= 0.6 is 0 Å². The minimum Gasteiger partial charge on any atom is -0.396 e. The first-order valence-electron chi connectivity index (χ1n) is 6.58. The standard InChI is InChI=1S/C14H19FO4S/c15-13-4-2-1-3-11(13)7-14(9-16,10-17)12-5-6-20(18,19)8-12/h1-4,12,16-17H,5-10H2. The summed E-state index contributed by atoms with van der Waals surface area (Å²) in [5.41, 5.74) is -0.605. The number of hydrogen-bond acceptors (Lipinski definition) is 4. The topological polar surface area (TPSA) is 74.6 Å². The molecule has 1 aromatic rings. The molecular formula is C14H19FO4S. The Kier molecular flexibility index (Phi) is 4.46. The maximum absolute atomic E-state index is 13.8. The van der Waals surface area contributed by atoms with Crippen LogP contribution in [-0.4, -0.2) is 43.4 Å². The maximum atomic E-state index is 13.8. The molecule has 0 aliphatic carbocycles. The van der Waals surface area contributed by atoms with E-state index in [4.69, 9.17) is 0 Å². The Balaban J connectivity index is 2.29. The molecule has 1 saturated heterocycles. The summed E-state index contributed by atoms with van der Waals surface area (Å²) in [6.07, 6.45) is 0.533. The second-order valence-electron chi connectivity index (χ2n) is 5.55. The average molecular weight is 302 g/mol. The van der Waals surface area contributed by atoms with Crippen molar-refractivity contribution < 1.29 is 23.0 Å². The van der Waals surface area contributed by atoms with Gasteiger partial charge in [0, 0.05) is 5.41 Å². The molecule has 0 radical (unpaired) electrons. The normalized spacial score (nSPS) is 22.1. The van der Waals surface area contributed by atoms with Crippen LogP contribution in [0.3, 0.4) is 0 Å². The van der Waals surface area contributed by atoms with Gasteiger partial charge in [-0.05, 0) is 30.4 Å². The number of hydrogen-bond donors (Lipinski definition) is 2. The Hall–Kier alpha value is -0.980. The Morgan fingerprint density at radius 2 is 1.90 bits per heavy atom. The van der Waals surface area contributed by atoms with Crippen molar-refractivity contribution in [3.8, 4) is 0 Å². The second-order valence-corrected chi connectivity index (χ2v) is 7.78. The Morgan fingerprint density at radius 1 is 1.25 bits per heavy atom. The summed E-state index contributed by atoms with van der Waals surface area (Å²) in [7, 11) is -3.12. The lowest BCUT2D eigenvalue weighted by Crippen LogP contribution is -2.41. The number of halogens is 1. The number of sulfone groups is 1. The van der Waals surface area contributed by atoms with Crippen molar-refractivity contribution in [1.29, 1.82) is 0 Å². The van der Waals surface area contributed by atoms with E-state index in [1.807, 2.05) is 0 Å². The van der Waals surface area contributed by atoms with Crippen LogP contribution in [0.1, 0.15) is 12.0 Å². The van der Waals surface area contributed by atoms with Gasteiger partial charge in [-0.3, -0.25) is 0 Å².